The highest BCUT2D eigenvalue weighted by molar-refractivity contribution is 14.0. The predicted molar refractivity (Wildman–Crippen MR) is 106 cm³/mol. The fourth-order valence-electron chi connectivity index (χ4n) is 2.44. The quantitative estimate of drug-likeness (QED) is 0.418. The minimum absolute atomic E-state index is 0. The number of thiophene rings is 1. The van der Waals surface area contributed by atoms with E-state index in [4.69, 9.17) is 0 Å². The number of hydrogen-bond acceptors (Lipinski definition) is 4. The second-order valence-electron chi connectivity index (χ2n) is 5.57. The van der Waals surface area contributed by atoms with Crippen LogP contribution in [-0.4, -0.2) is 68.6 Å². The summed E-state index contributed by atoms with van der Waals surface area (Å²) in [6, 6.07) is 4.74. The summed E-state index contributed by atoms with van der Waals surface area (Å²) in [6.07, 6.45) is 0. The highest BCUT2D eigenvalue weighted by atomic mass is 127. The average Bonchev–Trinajstić information content (AvgIpc) is 3.01. The van der Waals surface area contributed by atoms with E-state index in [0.29, 0.717) is 6.04 Å². The van der Waals surface area contributed by atoms with Crippen molar-refractivity contribution in [2.45, 2.75) is 19.5 Å². The van der Waals surface area contributed by atoms with E-state index in [-0.39, 0.29) is 24.0 Å². The van der Waals surface area contributed by atoms with E-state index in [1.807, 2.05) is 7.05 Å². The molecule has 0 amide bonds. The van der Waals surface area contributed by atoms with Crippen LogP contribution in [0.5, 0.6) is 0 Å². The third kappa shape index (κ3) is 6.39. The second kappa shape index (κ2) is 10.4. The van der Waals surface area contributed by atoms with E-state index in [2.05, 4.69) is 56.9 Å². The fourth-order valence-corrected chi connectivity index (χ4v) is 3.09. The van der Waals surface area contributed by atoms with Crippen LogP contribution in [0.15, 0.2) is 22.5 Å². The van der Waals surface area contributed by atoms with Gasteiger partial charge in [-0.3, -0.25) is 9.89 Å². The first kappa shape index (κ1) is 19.7. The maximum atomic E-state index is 4.29. The molecule has 2 heterocycles. The van der Waals surface area contributed by atoms with Crippen LogP contribution >= 0.6 is 35.3 Å². The summed E-state index contributed by atoms with van der Waals surface area (Å²) in [7, 11) is 4.01. The van der Waals surface area contributed by atoms with E-state index in [1.54, 1.807) is 11.3 Å². The molecule has 126 valence electrons. The van der Waals surface area contributed by atoms with E-state index >= 15 is 0 Å². The normalized spacial score (nSPS) is 18.6. The standard InChI is InChI=1S/C15H27N5S.HI/c1-13(20-8-6-19(3)7-9-20)11-17-15(16-2)18-12-14-5-4-10-21-14;/h4-5,10,13H,6-9,11-12H2,1-3H3,(H2,16,17,18);1H. The maximum absolute atomic E-state index is 4.29. The van der Waals surface area contributed by atoms with Gasteiger partial charge in [0, 0.05) is 50.7 Å². The van der Waals surface area contributed by atoms with Crippen molar-refractivity contribution in [3.63, 3.8) is 0 Å². The predicted octanol–water partition coefficient (Wildman–Crippen LogP) is 1.67. The Kier molecular flexibility index (Phi) is 9.30. The lowest BCUT2D eigenvalue weighted by molar-refractivity contribution is 0.120. The fraction of sp³-hybridized carbons (Fsp3) is 0.667. The Bertz CT molecular complexity index is 429. The molecule has 1 fully saturated rings. The summed E-state index contributed by atoms with van der Waals surface area (Å²) in [4.78, 5) is 10.5. The molecule has 1 aliphatic rings. The van der Waals surface area contributed by atoms with Crippen molar-refractivity contribution < 1.29 is 0 Å². The first-order valence-electron chi connectivity index (χ1n) is 7.58. The number of guanidine groups is 1. The topological polar surface area (TPSA) is 42.9 Å². The highest BCUT2D eigenvalue weighted by Gasteiger charge is 2.18. The Labute approximate surface area is 155 Å². The molecule has 22 heavy (non-hydrogen) atoms. The molecule has 2 N–H and O–H groups in total. The zero-order chi connectivity index (χ0) is 15.1. The summed E-state index contributed by atoms with van der Waals surface area (Å²) in [5, 5.41) is 8.89. The van der Waals surface area contributed by atoms with Crippen LogP contribution in [0.25, 0.3) is 0 Å². The summed E-state index contributed by atoms with van der Waals surface area (Å²) >= 11 is 1.76. The number of piperazine rings is 1. The zero-order valence-electron chi connectivity index (χ0n) is 13.7. The molecule has 0 aliphatic carbocycles. The number of nitrogens with one attached hydrogen (secondary N) is 2. The van der Waals surface area contributed by atoms with E-state index in [9.17, 15) is 0 Å². The van der Waals surface area contributed by atoms with Gasteiger partial charge in [0.15, 0.2) is 5.96 Å². The van der Waals surface area contributed by atoms with Gasteiger partial charge in [-0.2, -0.15) is 0 Å². The number of rotatable bonds is 5. The molecule has 0 bridgehead atoms. The third-order valence-electron chi connectivity index (χ3n) is 3.96. The van der Waals surface area contributed by atoms with Crippen LogP contribution in [-0.2, 0) is 6.54 Å². The first-order chi connectivity index (χ1) is 10.2. The molecule has 1 atom stereocenters. The molecule has 1 aliphatic heterocycles. The Hall–Kier alpha value is -0.380. The Morgan fingerprint density at radius 1 is 1.32 bits per heavy atom. The summed E-state index contributed by atoms with van der Waals surface area (Å²) in [5.74, 6) is 0.879. The van der Waals surface area contributed by atoms with Crippen LogP contribution in [0.4, 0.5) is 0 Å². The Balaban J connectivity index is 0.00000242. The van der Waals surface area contributed by atoms with Crippen molar-refractivity contribution in [2.75, 3.05) is 46.8 Å². The van der Waals surface area contributed by atoms with Gasteiger partial charge in [0.05, 0.1) is 6.54 Å². The largest absolute Gasteiger partial charge is 0.355 e. The first-order valence-corrected chi connectivity index (χ1v) is 8.46. The van der Waals surface area contributed by atoms with Crippen LogP contribution < -0.4 is 10.6 Å². The summed E-state index contributed by atoms with van der Waals surface area (Å²) in [5.41, 5.74) is 0. The zero-order valence-corrected chi connectivity index (χ0v) is 16.9. The lowest BCUT2D eigenvalue weighted by Gasteiger charge is -2.36. The average molecular weight is 437 g/mol. The molecule has 1 aromatic heterocycles. The maximum Gasteiger partial charge on any atom is 0.191 e. The van der Waals surface area contributed by atoms with Crippen LogP contribution in [0, 0.1) is 0 Å². The molecule has 2 rings (SSSR count). The van der Waals surface area contributed by atoms with Gasteiger partial charge in [0.2, 0.25) is 0 Å². The van der Waals surface area contributed by atoms with Gasteiger partial charge in [-0.25, -0.2) is 0 Å². The third-order valence-corrected chi connectivity index (χ3v) is 4.84. The van der Waals surface area contributed by atoms with Crippen molar-refractivity contribution in [1.29, 1.82) is 0 Å². The number of halogens is 1. The molecule has 1 unspecified atom stereocenters. The van der Waals surface area contributed by atoms with Crippen molar-refractivity contribution >= 4 is 41.3 Å². The van der Waals surface area contributed by atoms with Crippen LogP contribution in [0.1, 0.15) is 11.8 Å². The molecular formula is C15H28IN5S. The SMILES string of the molecule is CN=C(NCc1cccs1)NCC(C)N1CCN(C)CC1.I. The minimum atomic E-state index is 0. The lowest BCUT2D eigenvalue weighted by atomic mass is 10.2. The van der Waals surface area contributed by atoms with Gasteiger partial charge >= 0.3 is 0 Å². The second-order valence-corrected chi connectivity index (χ2v) is 6.61. The van der Waals surface area contributed by atoms with Crippen molar-refractivity contribution in [3.05, 3.63) is 22.4 Å². The minimum Gasteiger partial charge on any atom is -0.355 e. The van der Waals surface area contributed by atoms with Gasteiger partial charge in [0.25, 0.3) is 0 Å². The van der Waals surface area contributed by atoms with E-state index < -0.39 is 0 Å². The molecule has 0 aromatic carbocycles. The van der Waals surface area contributed by atoms with Crippen molar-refractivity contribution in [3.8, 4) is 0 Å². The summed E-state index contributed by atoms with van der Waals surface area (Å²) < 4.78 is 0. The molecule has 0 saturated carbocycles. The summed E-state index contributed by atoms with van der Waals surface area (Å²) in [6.45, 7) is 8.67. The molecular weight excluding hydrogens is 409 g/mol. The molecule has 0 radical (unpaired) electrons. The molecule has 5 nitrogen and oxygen atoms in total. The van der Waals surface area contributed by atoms with Crippen molar-refractivity contribution in [1.82, 2.24) is 20.4 Å². The smallest absolute Gasteiger partial charge is 0.191 e. The number of likely N-dealkylation sites (N-methyl/N-ethyl adjacent to an activating group) is 1. The van der Waals surface area contributed by atoms with Gasteiger partial charge < -0.3 is 15.5 Å². The van der Waals surface area contributed by atoms with E-state index in [0.717, 1.165) is 45.2 Å². The van der Waals surface area contributed by atoms with Gasteiger partial charge in [-0.05, 0) is 25.4 Å². The van der Waals surface area contributed by atoms with Crippen LogP contribution in [0.3, 0.4) is 0 Å². The van der Waals surface area contributed by atoms with Gasteiger partial charge in [0.1, 0.15) is 0 Å². The Morgan fingerprint density at radius 2 is 2.05 bits per heavy atom. The van der Waals surface area contributed by atoms with E-state index in [1.165, 1.54) is 4.88 Å². The van der Waals surface area contributed by atoms with Crippen LogP contribution in [0.2, 0.25) is 0 Å². The monoisotopic (exact) mass is 437 g/mol. The number of hydrogen-bond donors (Lipinski definition) is 2. The Morgan fingerprint density at radius 3 is 2.64 bits per heavy atom. The van der Waals surface area contributed by atoms with Crippen molar-refractivity contribution in [2.24, 2.45) is 4.99 Å². The molecule has 1 aromatic rings. The number of aliphatic imine (C=N–C) groups is 1. The number of nitrogens with zero attached hydrogens (tertiary/aromatic N) is 3. The molecule has 7 heteroatoms. The lowest BCUT2D eigenvalue weighted by Crippen LogP contribution is -2.52. The van der Waals surface area contributed by atoms with Gasteiger partial charge in [-0.1, -0.05) is 6.07 Å². The molecule has 0 spiro atoms. The highest BCUT2D eigenvalue weighted by Crippen LogP contribution is 2.07. The van der Waals surface area contributed by atoms with Gasteiger partial charge in [-0.15, -0.1) is 35.3 Å². The molecule has 1 saturated heterocycles.